The van der Waals surface area contributed by atoms with Crippen molar-refractivity contribution in [3.05, 3.63) is 52.8 Å². The van der Waals surface area contributed by atoms with E-state index in [0.717, 1.165) is 30.5 Å². The Kier molecular flexibility index (Phi) is 4.04. The van der Waals surface area contributed by atoms with Gasteiger partial charge in [0.1, 0.15) is 0 Å². The summed E-state index contributed by atoms with van der Waals surface area (Å²) in [7, 11) is 0. The maximum Gasteiger partial charge on any atom is 0.251 e. The third kappa shape index (κ3) is 2.99. The van der Waals surface area contributed by atoms with Crippen molar-refractivity contribution in [2.75, 3.05) is 6.54 Å². The van der Waals surface area contributed by atoms with E-state index in [1.165, 1.54) is 24.1 Å². The molecular weight excluding hydrogens is 262 g/mol. The molecular formula is C17H21N3O. The number of carbonyl (C=O) groups excluding carboxylic acids is 1. The van der Waals surface area contributed by atoms with Crippen molar-refractivity contribution in [3.8, 4) is 0 Å². The number of carbonyl (C=O) groups is 1. The number of hydrogen-bond acceptors (Lipinski definition) is 2. The van der Waals surface area contributed by atoms with Gasteiger partial charge in [-0.3, -0.25) is 9.48 Å². The van der Waals surface area contributed by atoms with Crippen molar-refractivity contribution in [3.63, 3.8) is 0 Å². The highest BCUT2D eigenvalue weighted by atomic mass is 16.1. The van der Waals surface area contributed by atoms with Gasteiger partial charge in [0.05, 0.1) is 12.7 Å². The molecule has 110 valence electrons. The maximum atomic E-state index is 12.1. The Bertz CT molecular complexity index is 645. The fourth-order valence-corrected chi connectivity index (χ4v) is 2.95. The molecule has 21 heavy (non-hydrogen) atoms. The van der Waals surface area contributed by atoms with Gasteiger partial charge in [0, 0.05) is 17.8 Å². The molecule has 0 bridgehead atoms. The van der Waals surface area contributed by atoms with Gasteiger partial charge in [-0.05, 0) is 49.8 Å². The quantitative estimate of drug-likeness (QED) is 0.937. The van der Waals surface area contributed by atoms with Crippen molar-refractivity contribution >= 4 is 5.91 Å². The van der Waals surface area contributed by atoms with Gasteiger partial charge in [-0.1, -0.05) is 18.2 Å². The number of aryl methyl sites for hydroxylation is 2. The van der Waals surface area contributed by atoms with Gasteiger partial charge in [0.15, 0.2) is 0 Å². The Morgan fingerprint density at radius 1 is 1.29 bits per heavy atom. The lowest BCUT2D eigenvalue weighted by Gasteiger charge is -2.14. The molecule has 1 aliphatic carbocycles. The Morgan fingerprint density at radius 2 is 2.10 bits per heavy atom. The molecule has 0 saturated carbocycles. The lowest BCUT2D eigenvalue weighted by atomic mass is 9.98. The van der Waals surface area contributed by atoms with Gasteiger partial charge in [-0.15, -0.1) is 0 Å². The third-order valence-electron chi connectivity index (χ3n) is 4.14. The zero-order valence-corrected chi connectivity index (χ0v) is 12.4. The first-order valence-electron chi connectivity index (χ1n) is 7.63. The Morgan fingerprint density at radius 3 is 2.95 bits per heavy atom. The number of amides is 1. The lowest BCUT2D eigenvalue weighted by molar-refractivity contribution is 0.0951. The number of hydrogen-bond donors (Lipinski definition) is 1. The van der Waals surface area contributed by atoms with Crippen molar-refractivity contribution < 1.29 is 4.79 Å². The second kappa shape index (κ2) is 6.12. The van der Waals surface area contributed by atoms with Crippen LogP contribution in [-0.4, -0.2) is 22.2 Å². The molecule has 1 heterocycles. The van der Waals surface area contributed by atoms with Gasteiger partial charge in [0.2, 0.25) is 0 Å². The molecule has 4 nitrogen and oxygen atoms in total. The fourth-order valence-electron chi connectivity index (χ4n) is 2.95. The van der Waals surface area contributed by atoms with Crippen LogP contribution < -0.4 is 5.32 Å². The van der Waals surface area contributed by atoms with E-state index in [4.69, 9.17) is 0 Å². The largest absolute Gasteiger partial charge is 0.350 e. The summed E-state index contributed by atoms with van der Waals surface area (Å²) in [4.78, 5) is 12.1. The highest BCUT2D eigenvalue weighted by Crippen LogP contribution is 2.20. The van der Waals surface area contributed by atoms with Crippen molar-refractivity contribution in [1.82, 2.24) is 15.1 Å². The molecule has 1 amide bonds. The van der Waals surface area contributed by atoms with Crippen molar-refractivity contribution in [1.29, 1.82) is 0 Å². The third-order valence-corrected chi connectivity index (χ3v) is 4.14. The van der Waals surface area contributed by atoms with Crippen LogP contribution in [0.3, 0.4) is 0 Å². The normalized spacial score (nSPS) is 13.8. The smallest absolute Gasteiger partial charge is 0.251 e. The molecule has 1 aromatic carbocycles. The maximum absolute atomic E-state index is 12.1. The summed E-state index contributed by atoms with van der Waals surface area (Å²) in [6.45, 7) is 3.31. The molecule has 0 radical (unpaired) electrons. The molecule has 0 fully saturated rings. The van der Waals surface area contributed by atoms with Crippen molar-refractivity contribution in [2.45, 2.75) is 39.2 Å². The standard InChI is InChI=1S/C17H21N3O/c1-13-6-2-4-8-15(13)17(21)18-10-11-20-16-9-5-3-7-14(16)12-19-20/h2,4,6,8,12H,3,5,7,9-11H2,1H3,(H,18,21). The lowest BCUT2D eigenvalue weighted by Crippen LogP contribution is -2.28. The zero-order chi connectivity index (χ0) is 14.7. The zero-order valence-electron chi connectivity index (χ0n) is 12.4. The van der Waals surface area contributed by atoms with Crippen LogP contribution in [-0.2, 0) is 19.4 Å². The molecule has 0 spiro atoms. The average molecular weight is 283 g/mol. The number of fused-ring (bicyclic) bond motifs is 1. The molecule has 0 saturated heterocycles. The number of rotatable bonds is 4. The minimum Gasteiger partial charge on any atom is -0.350 e. The second-order valence-electron chi connectivity index (χ2n) is 5.62. The number of nitrogens with zero attached hydrogens (tertiary/aromatic N) is 2. The molecule has 1 aromatic heterocycles. The van der Waals surface area contributed by atoms with Gasteiger partial charge >= 0.3 is 0 Å². The van der Waals surface area contributed by atoms with Gasteiger partial charge in [-0.25, -0.2) is 0 Å². The Hall–Kier alpha value is -2.10. The van der Waals surface area contributed by atoms with E-state index in [0.29, 0.717) is 6.54 Å². The van der Waals surface area contributed by atoms with Crippen LogP contribution in [0.5, 0.6) is 0 Å². The van der Waals surface area contributed by atoms with Crippen LogP contribution >= 0.6 is 0 Å². The summed E-state index contributed by atoms with van der Waals surface area (Å²) in [5.41, 5.74) is 4.49. The first-order valence-corrected chi connectivity index (χ1v) is 7.63. The molecule has 4 heteroatoms. The van der Waals surface area contributed by atoms with Crippen LogP contribution in [0.2, 0.25) is 0 Å². The number of benzene rings is 1. The molecule has 0 atom stereocenters. The minimum absolute atomic E-state index is 0.00544. The predicted molar refractivity (Wildman–Crippen MR) is 82.4 cm³/mol. The summed E-state index contributed by atoms with van der Waals surface area (Å²) in [6.07, 6.45) is 6.75. The Balaban J connectivity index is 1.58. The summed E-state index contributed by atoms with van der Waals surface area (Å²) >= 11 is 0. The molecule has 2 aromatic rings. The van der Waals surface area contributed by atoms with Gasteiger partial charge in [0.25, 0.3) is 5.91 Å². The van der Waals surface area contributed by atoms with Crippen LogP contribution in [0.15, 0.2) is 30.5 Å². The van der Waals surface area contributed by atoms with E-state index < -0.39 is 0 Å². The van der Waals surface area contributed by atoms with E-state index in [2.05, 4.69) is 10.4 Å². The van der Waals surface area contributed by atoms with E-state index in [-0.39, 0.29) is 5.91 Å². The van der Waals surface area contributed by atoms with E-state index in [1.54, 1.807) is 0 Å². The summed E-state index contributed by atoms with van der Waals surface area (Å²) in [6, 6.07) is 7.66. The Labute approximate surface area is 125 Å². The van der Waals surface area contributed by atoms with Crippen LogP contribution in [0, 0.1) is 6.92 Å². The monoisotopic (exact) mass is 283 g/mol. The van der Waals surface area contributed by atoms with E-state index in [9.17, 15) is 4.79 Å². The van der Waals surface area contributed by atoms with E-state index >= 15 is 0 Å². The molecule has 0 aliphatic heterocycles. The molecule has 0 unspecified atom stereocenters. The summed E-state index contributed by atoms with van der Waals surface area (Å²) < 4.78 is 2.05. The second-order valence-corrected chi connectivity index (χ2v) is 5.62. The van der Waals surface area contributed by atoms with E-state index in [1.807, 2.05) is 42.1 Å². The summed E-state index contributed by atoms with van der Waals surface area (Å²) in [5.74, 6) is -0.00544. The highest BCUT2D eigenvalue weighted by molar-refractivity contribution is 5.95. The first-order chi connectivity index (χ1) is 10.3. The predicted octanol–water partition coefficient (Wildman–Crippen LogP) is 2.50. The highest BCUT2D eigenvalue weighted by Gasteiger charge is 2.15. The SMILES string of the molecule is Cc1ccccc1C(=O)NCCn1ncc2c1CCCC2. The number of aromatic nitrogens is 2. The van der Waals surface area contributed by atoms with Crippen LogP contribution in [0.25, 0.3) is 0 Å². The number of nitrogens with one attached hydrogen (secondary N) is 1. The summed E-state index contributed by atoms with van der Waals surface area (Å²) in [5, 5.41) is 7.44. The topological polar surface area (TPSA) is 46.9 Å². The minimum atomic E-state index is -0.00544. The van der Waals surface area contributed by atoms with Gasteiger partial charge < -0.3 is 5.32 Å². The average Bonchev–Trinajstić information content (AvgIpc) is 2.91. The van der Waals surface area contributed by atoms with Crippen molar-refractivity contribution in [2.24, 2.45) is 0 Å². The molecule has 1 aliphatic rings. The first kappa shape index (κ1) is 13.9. The fraction of sp³-hybridized carbons (Fsp3) is 0.412. The van der Waals surface area contributed by atoms with Crippen LogP contribution in [0.1, 0.15) is 40.0 Å². The molecule has 3 rings (SSSR count). The van der Waals surface area contributed by atoms with Gasteiger partial charge in [-0.2, -0.15) is 5.10 Å². The molecule has 1 N–H and O–H groups in total. The van der Waals surface area contributed by atoms with Crippen LogP contribution in [0.4, 0.5) is 0 Å².